The van der Waals surface area contributed by atoms with Gasteiger partial charge in [-0.15, -0.1) is 0 Å². The van der Waals surface area contributed by atoms with Gasteiger partial charge in [0.2, 0.25) is 5.78 Å². The highest BCUT2D eigenvalue weighted by atomic mass is 19.2. The summed E-state index contributed by atoms with van der Waals surface area (Å²) in [7, 11) is 0. The molecule has 1 amide bonds. The van der Waals surface area contributed by atoms with E-state index in [0.29, 0.717) is 6.42 Å². The van der Waals surface area contributed by atoms with Crippen LogP contribution in [0.3, 0.4) is 0 Å². The van der Waals surface area contributed by atoms with Gasteiger partial charge < -0.3 is 10.2 Å². The third kappa shape index (κ3) is 4.51. The first-order chi connectivity index (χ1) is 13.0. The first-order valence-electron chi connectivity index (χ1n) is 9.14. The molecule has 27 heavy (non-hydrogen) atoms. The Kier molecular flexibility index (Phi) is 5.84. The minimum atomic E-state index is -1.07. The predicted octanol–water partition coefficient (Wildman–Crippen LogP) is 3.88. The summed E-state index contributed by atoms with van der Waals surface area (Å²) < 4.78 is 26.1. The van der Waals surface area contributed by atoms with Gasteiger partial charge in [-0.3, -0.25) is 9.59 Å². The Morgan fingerprint density at radius 1 is 1.11 bits per heavy atom. The van der Waals surface area contributed by atoms with Crippen molar-refractivity contribution in [2.45, 2.75) is 32.6 Å². The van der Waals surface area contributed by atoms with E-state index in [2.05, 4.69) is 29.3 Å². The van der Waals surface area contributed by atoms with Crippen LogP contribution in [0, 0.1) is 11.6 Å². The van der Waals surface area contributed by atoms with Crippen LogP contribution in [0.2, 0.25) is 0 Å². The van der Waals surface area contributed by atoms with E-state index in [9.17, 15) is 18.4 Å². The second kappa shape index (κ2) is 8.29. The summed E-state index contributed by atoms with van der Waals surface area (Å²) in [5, 5.41) is 2.31. The molecule has 0 saturated heterocycles. The molecule has 6 heteroatoms. The second-order valence-electron chi connectivity index (χ2n) is 6.65. The van der Waals surface area contributed by atoms with Gasteiger partial charge in [-0.05, 0) is 55.5 Å². The Balaban J connectivity index is 1.58. The molecule has 1 aliphatic heterocycles. The predicted molar refractivity (Wildman–Crippen MR) is 101 cm³/mol. The number of amides is 1. The molecule has 0 radical (unpaired) electrons. The molecule has 0 saturated carbocycles. The standard InChI is InChI=1S/C21H22F2N2O2/c1-2-25-11-3-4-15-12-14(5-9-19(15)25)6-10-20(26)21(27)24-16-7-8-17(22)18(23)13-16/h5,7-9,12-13H,2-4,6,10-11H2,1H3,(H,24,27). The maximum atomic E-state index is 13.2. The molecule has 0 bridgehead atoms. The number of nitrogens with zero attached hydrogens (tertiary/aromatic N) is 1. The van der Waals surface area contributed by atoms with Gasteiger partial charge in [-0.25, -0.2) is 8.78 Å². The maximum Gasteiger partial charge on any atom is 0.291 e. The van der Waals surface area contributed by atoms with Crippen LogP contribution in [0.5, 0.6) is 0 Å². The molecule has 3 rings (SSSR count). The summed E-state index contributed by atoms with van der Waals surface area (Å²) in [6.07, 6.45) is 2.65. The van der Waals surface area contributed by atoms with E-state index in [1.165, 1.54) is 17.3 Å². The zero-order valence-electron chi connectivity index (χ0n) is 15.2. The Labute approximate surface area is 157 Å². The molecule has 0 unspecified atom stereocenters. The Morgan fingerprint density at radius 3 is 2.67 bits per heavy atom. The summed E-state index contributed by atoms with van der Waals surface area (Å²) in [4.78, 5) is 26.4. The van der Waals surface area contributed by atoms with Crippen molar-refractivity contribution in [2.24, 2.45) is 0 Å². The fourth-order valence-electron chi connectivity index (χ4n) is 3.36. The maximum absolute atomic E-state index is 13.2. The highest BCUT2D eigenvalue weighted by Gasteiger charge is 2.18. The first-order valence-corrected chi connectivity index (χ1v) is 9.14. The third-order valence-corrected chi connectivity index (χ3v) is 4.81. The minimum absolute atomic E-state index is 0.0562. The van der Waals surface area contributed by atoms with Crippen LogP contribution >= 0.6 is 0 Å². The van der Waals surface area contributed by atoms with Gasteiger partial charge in [-0.1, -0.05) is 12.1 Å². The molecule has 142 valence electrons. The number of hydrogen-bond acceptors (Lipinski definition) is 3. The molecule has 2 aromatic carbocycles. The molecule has 1 N–H and O–H groups in total. The molecule has 0 fully saturated rings. The number of carbonyl (C=O) groups excluding carboxylic acids is 2. The van der Waals surface area contributed by atoms with Crippen LogP contribution in [0.15, 0.2) is 36.4 Å². The van der Waals surface area contributed by atoms with Gasteiger partial charge in [0.25, 0.3) is 5.91 Å². The van der Waals surface area contributed by atoms with Crippen LogP contribution in [0.4, 0.5) is 20.2 Å². The number of anilines is 2. The largest absolute Gasteiger partial charge is 0.372 e. The smallest absolute Gasteiger partial charge is 0.291 e. The van der Waals surface area contributed by atoms with Crippen molar-refractivity contribution < 1.29 is 18.4 Å². The zero-order chi connectivity index (χ0) is 19.4. The summed E-state index contributed by atoms with van der Waals surface area (Å²) in [5.74, 6) is -3.49. The average Bonchev–Trinajstić information content (AvgIpc) is 2.68. The number of Topliss-reactive ketones (excluding diaryl/α,β-unsaturated/α-hetero) is 1. The third-order valence-electron chi connectivity index (χ3n) is 4.81. The van der Waals surface area contributed by atoms with E-state index in [4.69, 9.17) is 0 Å². The number of aryl methyl sites for hydroxylation is 2. The van der Waals surface area contributed by atoms with Gasteiger partial charge in [0, 0.05) is 37.0 Å². The normalized spacial score (nSPS) is 13.2. The van der Waals surface area contributed by atoms with Crippen molar-refractivity contribution in [3.63, 3.8) is 0 Å². The number of nitrogens with one attached hydrogen (secondary N) is 1. The fourth-order valence-corrected chi connectivity index (χ4v) is 3.36. The lowest BCUT2D eigenvalue weighted by Crippen LogP contribution is -2.29. The van der Waals surface area contributed by atoms with Crippen LogP contribution in [-0.4, -0.2) is 24.8 Å². The molecule has 0 atom stereocenters. The van der Waals surface area contributed by atoms with E-state index in [-0.39, 0.29) is 12.1 Å². The van der Waals surface area contributed by atoms with Gasteiger partial charge in [-0.2, -0.15) is 0 Å². The SMILES string of the molecule is CCN1CCCc2cc(CCC(=O)C(=O)Nc3ccc(F)c(F)c3)ccc21. The number of benzene rings is 2. The number of halogens is 2. The lowest BCUT2D eigenvalue weighted by Gasteiger charge is -2.30. The molecule has 4 nitrogen and oxygen atoms in total. The van der Waals surface area contributed by atoms with Gasteiger partial charge in [0.15, 0.2) is 11.6 Å². The van der Waals surface area contributed by atoms with Crippen molar-refractivity contribution >= 4 is 23.1 Å². The Morgan fingerprint density at radius 2 is 1.93 bits per heavy atom. The number of carbonyl (C=O) groups is 2. The summed E-state index contributed by atoms with van der Waals surface area (Å²) in [6.45, 7) is 4.16. The molecule has 2 aromatic rings. The zero-order valence-corrected chi connectivity index (χ0v) is 15.2. The van der Waals surface area contributed by atoms with Crippen molar-refractivity contribution in [1.29, 1.82) is 0 Å². The van der Waals surface area contributed by atoms with E-state index in [0.717, 1.165) is 43.6 Å². The monoisotopic (exact) mass is 372 g/mol. The molecule has 1 heterocycles. The minimum Gasteiger partial charge on any atom is -0.372 e. The van der Waals surface area contributed by atoms with Crippen LogP contribution in [-0.2, 0) is 22.4 Å². The Bertz CT molecular complexity index is 867. The molecule has 0 spiro atoms. The average molecular weight is 372 g/mol. The fraction of sp³-hybridized carbons (Fsp3) is 0.333. The molecule has 1 aliphatic rings. The van der Waals surface area contributed by atoms with Crippen molar-refractivity contribution in [1.82, 2.24) is 0 Å². The summed E-state index contributed by atoms with van der Waals surface area (Å²) in [5.41, 5.74) is 3.59. The molecule has 0 aromatic heterocycles. The molecular weight excluding hydrogens is 350 g/mol. The molecule has 0 aliphatic carbocycles. The number of ketones is 1. The topological polar surface area (TPSA) is 49.4 Å². The second-order valence-corrected chi connectivity index (χ2v) is 6.65. The highest BCUT2D eigenvalue weighted by Crippen LogP contribution is 2.28. The van der Waals surface area contributed by atoms with Crippen molar-refractivity contribution in [2.75, 3.05) is 23.3 Å². The van der Waals surface area contributed by atoms with Crippen LogP contribution in [0.1, 0.15) is 30.9 Å². The van der Waals surface area contributed by atoms with Gasteiger partial charge in [0.05, 0.1) is 0 Å². The number of hydrogen-bond donors (Lipinski definition) is 1. The van der Waals surface area contributed by atoms with Gasteiger partial charge in [0.1, 0.15) is 0 Å². The summed E-state index contributed by atoms with van der Waals surface area (Å²) in [6, 6.07) is 9.16. The van der Waals surface area contributed by atoms with Gasteiger partial charge >= 0.3 is 0 Å². The first kappa shape index (κ1) is 19.0. The molecular formula is C21H22F2N2O2. The van der Waals surface area contributed by atoms with Crippen molar-refractivity contribution in [3.05, 3.63) is 59.2 Å². The van der Waals surface area contributed by atoms with E-state index >= 15 is 0 Å². The quantitative estimate of drug-likeness (QED) is 0.783. The van der Waals surface area contributed by atoms with E-state index in [1.807, 2.05) is 6.07 Å². The number of rotatable bonds is 6. The summed E-state index contributed by atoms with van der Waals surface area (Å²) >= 11 is 0. The lowest BCUT2D eigenvalue weighted by molar-refractivity contribution is -0.134. The van der Waals surface area contributed by atoms with E-state index < -0.39 is 23.3 Å². The highest BCUT2D eigenvalue weighted by molar-refractivity contribution is 6.40. The van der Waals surface area contributed by atoms with Crippen LogP contribution in [0.25, 0.3) is 0 Å². The van der Waals surface area contributed by atoms with Crippen molar-refractivity contribution in [3.8, 4) is 0 Å². The Hall–Kier alpha value is -2.76. The van der Waals surface area contributed by atoms with E-state index in [1.54, 1.807) is 0 Å². The van der Waals surface area contributed by atoms with Crippen LogP contribution < -0.4 is 10.2 Å². The number of fused-ring (bicyclic) bond motifs is 1. The lowest BCUT2D eigenvalue weighted by atomic mass is 9.97.